The minimum atomic E-state index is 0.436. The number of aryl methyl sites for hydroxylation is 1. The maximum Gasteiger partial charge on any atom is 0.224 e. The molecule has 0 radical (unpaired) electrons. The Kier molecular flexibility index (Phi) is 2.21. The fraction of sp³-hybridized carbons (Fsp3) is 0.500. The maximum atomic E-state index is 4.45. The lowest BCUT2D eigenvalue weighted by Crippen LogP contribution is -2.23. The molecule has 6 heteroatoms. The van der Waals surface area contributed by atoms with Gasteiger partial charge in [-0.2, -0.15) is 10.1 Å². The van der Waals surface area contributed by atoms with Gasteiger partial charge < -0.3 is 10.6 Å². The Hall–Kier alpha value is -1.69. The normalized spacial score (nSPS) is 20.4. The standard InChI is InChI=1S/C10H14N6/c1-16-9-7(5-13-16)4-12-10(15-9)14-8-2-3-11-6-8/h4-5,8,11H,2-3,6H2,1H3,(H,12,14,15). The highest BCUT2D eigenvalue weighted by molar-refractivity contribution is 5.74. The van der Waals surface area contributed by atoms with Gasteiger partial charge in [-0.1, -0.05) is 0 Å². The zero-order chi connectivity index (χ0) is 11.0. The highest BCUT2D eigenvalue weighted by atomic mass is 15.3. The molecule has 0 bridgehead atoms. The molecule has 0 spiro atoms. The SMILES string of the molecule is Cn1ncc2cnc(NC3CCNC3)nc21. The predicted molar refractivity (Wildman–Crippen MR) is 61.2 cm³/mol. The van der Waals surface area contributed by atoms with E-state index in [1.807, 2.05) is 7.05 Å². The van der Waals surface area contributed by atoms with Crippen molar-refractivity contribution < 1.29 is 0 Å². The van der Waals surface area contributed by atoms with E-state index >= 15 is 0 Å². The van der Waals surface area contributed by atoms with Crippen molar-refractivity contribution in [3.63, 3.8) is 0 Å². The van der Waals surface area contributed by atoms with E-state index in [-0.39, 0.29) is 0 Å². The molecule has 3 rings (SSSR count). The zero-order valence-electron chi connectivity index (χ0n) is 9.14. The molecule has 2 aromatic heterocycles. The third-order valence-electron chi connectivity index (χ3n) is 2.87. The first-order valence-corrected chi connectivity index (χ1v) is 5.45. The number of nitrogens with one attached hydrogen (secondary N) is 2. The lowest BCUT2D eigenvalue weighted by atomic mass is 10.3. The van der Waals surface area contributed by atoms with E-state index in [2.05, 4.69) is 25.7 Å². The van der Waals surface area contributed by atoms with Gasteiger partial charge in [-0.15, -0.1) is 0 Å². The first-order valence-electron chi connectivity index (χ1n) is 5.45. The summed E-state index contributed by atoms with van der Waals surface area (Å²) in [5, 5.41) is 11.7. The van der Waals surface area contributed by atoms with Crippen LogP contribution in [0.15, 0.2) is 12.4 Å². The van der Waals surface area contributed by atoms with Crippen molar-refractivity contribution >= 4 is 17.0 Å². The van der Waals surface area contributed by atoms with E-state index < -0.39 is 0 Å². The fourth-order valence-corrected chi connectivity index (χ4v) is 1.97. The summed E-state index contributed by atoms with van der Waals surface area (Å²) in [4.78, 5) is 8.73. The van der Waals surface area contributed by atoms with Gasteiger partial charge in [0.1, 0.15) is 0 Å². The number of fused-ring (bicyclic) bond motifs is 1. The number of aromatic nitrogens is 4. The molecule has 1 atom stereocenters. The molecule has 0 aromatic carbocycles. The molecule has 6 nitrogen and oxygen atoms in total. The van der Waals surface area contributed by atoms with Gasteiger partial charge in [0.25, 0.3) is 0 Å². The van der Waals surface area contributed by atoms with Crippen LogP contribution in [0.3, 0.4) is 0 Å². The van der Waals surface area contributed by atoms with Crippen LogP contribution in [0.2, 0.25) is 0 Å². The van der Waals surface area contributed by atoms with Gasteiger partial charge in [0, 0.05) is 25.8 Å². The quantitative estimate of drug-likeness (QED) is 0.750. The smallest absolute Gasteiger partial charge is 0.224 e. The molecule has 2 aromatic rings. The largest absolute Gasteiger partial charge is 0.350 e. The van der Waals surface area contributed by atoms with Crippen LogP contribution in [0, 0.1) is 0 Å². The van der Waals surface area contributed by atoms with Crippen LogP contribution in [0.4, 0.5) is 5.95 Å². The van der Waals surface area contributed by atoms with Crippen molar-refractivity contribution in [1.82, 2.24) is 25.1 Å². The van der Waals surface area contributed by atoms with Crippen molar-refractivity contribution in [3.8, 4) is 0 Å². The van der Waals surface area contributed by atoms with Crippen molar-refractivity contribution in [1.29, 1.82) is 0 Å². The summed E-state index contributed by atoms with van der Waals surface area (Å²) in [7, 11) is 1.89. The second kappa shape index (κ2) is 3.71. The van der Waals surface area contributed by atoms with Gasteiger partial charge in [-0.3, -0.25) is 4.68 Å². The molecule has 1 unspecified atom stereocenters. The Bertz CT molecular complexity index is 499. The Balaban J connectivity index is 1.88. The molecule has 0 amide bonds. The Morgan fingerprint density at radius 2 is 2.44 bits per heavy atom. The molecule has 1 fully saturated rings. The molecule has 1 aliphatic heterocycles. The van der Waals surface area contributed by atoms with Crippen LogP contribution in [-0.2, 0) is 7.05 Å². The molecular weight excluding hydrogens is 204 g/mol. The van der Waals surface area contributed by atoms with Gasteiger partial charge in [-0.25, -0.2) is 4.98 Å². The van der Waals surface area contributed by atoms with Crippen molar-refractivity contribution in [3.05, 3.63) is 12.4 Å². The summed E-state index contributed by atoms with van der Waals surface area (Å²) in [6, 6.07) is 0.436. The lowest BCUT2D eigenvalue weighted by Gasteiger charge is -2.10. The first-order chi connectivity index (χ1) is 7.83. The molecule has 3 heterocycles. The Morgan fingerprint density at radius 3 is 3.25 bits per heavy atom. The van der Waals surface area contributed by atoms with E-state index in [4.69, 9.17) is 0 Å². The minimum absolute atomic E-state index is 0.436. The average molecular weight is 218 g/mol. The zero-order valence-corrected chi connectivity index (χ0v) is 9.14. The minimum Gasteiger partial charge on any atom is -0.350 e. The summed E-state index contributed by atoms with van der Waals surface area (Å²) in [5.74, 6) is 0.685. The van der Waals surface area contributed by atoms with Crippen molar-refractivity contribution in [2.45, 2.75) is 12.5 Å². The summed E-state index contributed by atoms with van der Waals surface area (Å²) >= 11 is 0. The molecule has 2 N–H and O–H groups in total. The number of hydrogen-bond acceptors (Lipinski definition) is 5. The van der Waals surface area contributed by atoms with Gasteiger partial charge in [0.05, 0.1) is 11.6 Å². The summed E-state index contributed by atoms with van der Waals surface area (Å²) in [5.41, 5.74) is 0.864. The van der Waals surface area contributed by atoms with Crippen LogP contribution in [0.5, 0.6) is 0 Å². The van der Waals surface area contributed by atoms with Crippen LogP contribution in [-0.4, -0.2) is 38.9 Å². The number of hydrogen-bond donors (Lipinski definition) is 2. The second-order valence-corrected chi connectivity index (χ2v) is 4.07. The Morgan fingerprint density at radius 1 is 1.50 bits per heavy atom. The second-order valence-electron chi connectivity index (χ2n) is 4.07. The molecular formula is C10H14N6. The van der Waals surface area contributed by atoms with Crippen LogP contribution in [0.1, 0.15) is 6.42 Å². The van der Waals surface area contributed by atoms with E-state index in [1.165, 1.54) is 0 Å². The first kappa shape index (κ1) is 9.53. The topological polar surface area (TPSA) is 67.7 Å². The molecule has 84 valence electrons. The lowest BCUT2D eigenvalue weighted by molar-refractivity contribution is 0.770. The molecule has 0 aliphatic carbocycles. The predicted octanol–water partition coefficient (Wildman–Crippen LogP) is 0.137. The van der Waals surface area contributed by atoms with Gasteiger partial charge >= 0.3 is 0 Å². The third-order valence-corrected chi connectivity index (χ3v) is 2.87. The molecule has 1 aliphatic rings. The fourth-order valence-electron chi connectivity index (χ4n) is 1.97. The highest BCUT2D eigenvalue weighted by Gasteiger charge is 2.15. The van der Waals surface area contributed by atoms with Crippen LogP contribution in [0.25, 0.3) is 11.0 Å². The van der Waals surface area contributed by atoms with Gasteiger partial charge in [0.15, 0.2) is 5.65 Å². The average Bonchev–Trinajstić information content (AvgIpc) is 2.90. The molecule has 16 heavy (non-hydrogen) atoms. The monoisotopic (exact) mass is 218 g/mol. The number of nitrogens with zero attached hydrogens (tertiary/aromatic N) is 4. The van der Waals surface area contributed by atoms with Crippen LogP contribution < -0.4 is 10.6 Å². The van der Waals surface area contributed by atoms with E-state index in [1.54, 1.807) is 17.1 Å². The number of anilines is 1. The van der Waals surface area contributed by atoms with E-state index in [0.29, 0.717) is 12.0 Å². The summed E-state index contributed by atoms with van der Waals surface area (Å²) in [6.07, 6.45) is 4.70. The molecule has 0 saturated carbocycles. The van der Waals surface area contributed by atoms with E-state index in [0.717, 1.165) is 30.5 Å². The van der Waals surface area contributed by atoms with Crippen molar-refractivity contribution in [2.24, 2.45) is 7.05 Å². The molecule has 1 saturated heterocycles. The van der Waals surface area contributed by atoms with Crippen molar-refractivity contribution in [2.75, 3.05) is 18.4 Å². The van der Waals surface area contributed by atoms with E-state index in [9.17, 15) is 0 Å². The maximum absolute atomic E-state index is 4.45. The van der Waals surface area contributed by atoms with Crippen LogP contribution >= 0.6 is 0 Å². The summed E-state index contributed by atoms with van der Waals surface area (Å²) < 4.78 is 1.76. The van der Waals surface area contributed by atoms with Gasteiger partial charge in [-0.05, 0) is 13.0 Å². The highest BCUT2D eigenvalue weighted by Crippen LogP contribution is 2.12. The van der Waals surface area contributed by atoms with Gasteiger partial charge in [0.2, 0.25) is 5.95 Å². The summed E-state index contributed by atoms with van der Waals surface area (Å²) in [6.45, 7) is 2.04. The Labute approximate surface area is 93.1 Å². The number of rotatable bonds is 2. The third kappa shape index (κ3) is 1.61.